The molecular weight excluding hydrogens is 170 g/mol. The lowest BCUT2D eigenvalue weighted by Crippen LogP contribution is -2.29. The predicted octanol–water partition coefficient (Wildman–Crippen LogP) is 1.74. The van der Waals surface area contributed by atoms with E-state index in [-0.39, 0.29) is 0 Å². The summed E-state index contributed by atoms with van der Waals surface area (Å²) in [5, 5.41) is 0. The van der Waals surface area contributed by atoms with Gasteiger partial charge in [-0.1, -0.05) is 6.92 Å². The second-order valence-electron chi connectivity index (χ2n) is 3.20. The third-order valence-electron chi connectivity index (χ3n) is 2.16. The molecule has 0 aliphatic heterocycles. The van der Waals surface area contributed by atoms with E-state index in [4.69, 9.17) is 10.5 Å². The largest absolute Gasteiger partial charge is 0.385 e. The number of hydrogen-bond acceptors (Lipinski definition) is 3. The van der Waals surface area contributed by atoms with E-state index in [2.05, 4.69) is 13.2 Å². The minimum atomic E-state index is 0.340. The van der Waals surface area contributed by atoms with Crippen LogP contribution in [0.2, 0.25) is 0 Å². The molecule has 2 N–H and O–H groups in total. The van der Waals surface area contributed by atoms with Crippen molar-refractivity contribution in [1.29, 1.82) is 0 Å². The highest BCUT2D eigenvalue weighted by Gasteiger charge is 2.11. The first-order valence-corrected chi connectivity index (χ1v) is 5.85. The van der Waals surface area contributed by atoms with Crippen molar-refractivity contribution < 1.29 is 4.74 Å². The molecule has 74 valence electrons. The van der Waals surface area contributed by atoms with Crippen LogP contribution < -0.4 is 5.73 Å². The van der Waals surface area contributed by atoms with Crippen LogP contribution >= 0.6 is 11.8 Å². The van der Waals surface area contributed by atoms with E-state index in [1.165, 1.54) is 5.75 Å². The van der Waals surface area contributed by atoms with E-state index < -0.39 is 0 Å². The van der Waals surface area contributed by atoms with Gasteiger partial charge in [0, 0.05) is 19.8 Å². The van der Waals surface area contributed by atoms with Crippen molar-refractivity contribution in [3.05, 3.63) is 0 Å². The van der Waals surface area contributed by atoms with Crippen molar-refractivity contribution in [3.8, 4) is 0 Å². The molecule has 0 spiro atoms. The van der Waals surface area contributed by atoms with E-state index in [1.807, 2.05) is 11.8 Å². The van der Waals surface area contributed by atoms with Crippen LogP contribution in [0.1, 0.15) is 19.8 Å². The first-order valence-electron chi connectivity index (χ1n) is 4.45. The summed E-state index contributed by atoms with van der Waals surface area (Å²) in [4.78, 5) is 0. The smallest absolute Gasteiger partial charge is 0.0465 e. The van der Waals surface area contributed by atoms with Crippen LogP contribution in [-0.2, 0) is 4.74 Å². The normalized spacial score (nSPS) is 16.0. The van der Waals surface area contributed by atoms with Crippen molar-refractivity contribution in [2.45, 2.75) is 25.8 Å². The van der Waals surface area contributed by atoms with Crippen LogP contribution in [0.4, 0.5) is 0 Å². The zero-order chi connectivity index (χ0) is 9.40. The molecule has 0 heterocycles. The Morgan fingerprint density at radius 3 is 2.58 bits per heavy atom. The van der Waals surface area contributed by atoms with Gasteiger partial charge < -0.3 is 10.5 Å². The zero-order valence-electron chi connectivity index (χ0n) is 8.38. The Bertz CT molecular complexity index is 88.5. The van der Waals surface area contributed by atoms with Crippen LogP contribution in [-0.4, -0.2) is 31.8 Å². The fraction of sp³-hybridized carbons (Fsp3) is 1.00. The van der Waals surface area contributed by atoms with Gasteiger partial charge in [-0.05, 0) is 30.8 Å². The quantitative estimate of drug-likeness (QED) is 0.666. The molecule has 0 saturated carbocycles. The lowest BCUT2D eigenvalue weighted by atomic mass is 9.97. The Hall–Kier alpha value is 0.270. The molecule has 2 nitrogen and oxygen atoms in total. The van der Waals surface area contributed by atoms with Crippen molar-refractivity contribution in [3.63, 3.8) is 0 Å². The molecule has 0 rings (SSSR count). The number of nitrogens with two attached hydrogens (primary N) is 1. The second kappa shape index (κ2) is 7.90. The molecule has 0 bridgehead atoms. The first kappa shape index (κ1) is 12.3. The highest BCUT2D eigenvalue weighted by molar-refractivity contribution is 7.98. The van der Waals surface area contributed by atoms with Gasteiger partial charge in [-0.3, -0.25) is 0 Å². The molecule has 0 aliphatic rings. The average molecular weight is 191 g/mol. The maximum Gasteiger partial charge on any atom is 0.0465 e. The molecule has 0 fully saturated rings. The predicted molar refractivity (Wildman–Crippen MR) is 56.6 cm³/mol. The first-order chi connectivity index (χ1) is 5.72. The standard InChI is InChI=1S/C9H21NOS/c1-8(4-6-11-2)9(10)5-7-12-3/h8-9H,4-7,10H2,1-3H3. The van der Waals surface area contributed by atoms with E-state index in [9.17, 15) is 0 Å². The molecule has 0 aromatic carbocycles. The second-order valence-corrected chi connectivity index (χ2v) is 4.19. The fourth-order valence-electron chi connectivity index (χ4n) is 1.06. The van der Waals surface area contributed by atoms with Crippen LogP contribution in [0.5, 0.6) is 0 Å². The summed E-state index contributed by atoms with van der Waals surface area (Å²) in [6.07, 6.45) is 4.31. The number of methoxy groups -OCH3 is 1. The summed E-state index contributed by atoms with van der Waals surface area (Å²) in [6.45, 7) is 3.03. The summed E-state index contributed by atoms with van der Waals surface area (Å²) in [5.74, 6) is 1.75. The summed E-state index contributed by atoms with van der Waals surface area (Å²) in [5.41, 5.74) is 5.98. The number of rotatable bonds is 7. The lowest BCUT2D eigenvalue weighted by Gasteiger charge is -2.18. The molecule has 0 aliphatic carbocycles. The number of thioether (sulfide) groups is 1. The molecule has 2 atom stereocenters. The molecule has 0 aromatic heterocycles. The minimum absolute atomic E-state index is 0.340. The Morgan fingerprint density at radius 2 is 2.08 bits per heavy atom. The van der Waals surface area contributed by atoms with Crippen LogP contribution in [0.15, 0.2) is 0 Å². The van der Waals surface area contributed by atoms with Crippen molar-refractivity contribution >= 4 is 11.8 Å². The maximum atomic E-state index is 5.98. The fourth-order valence-corrected chi connectivity index (χ4v) is 1.56. The zero-order valence-corrected chi connectivity index (χ0v) is 9.19. The number of hydrogen-bond donors (Lipinski definition) is 1. The van der Waals surface area contributed by atoms with Crippen molar-refractivity contribution in [2.75, 3.05) is 25.7 Å². The Kier molecular flexibility index (Phi) is 8.07. The van der Waals surface area contributed by atoms with E-state index in [1.54, 1.807) is 7.11 Å². The number of ether oxygens (including phenoxy) is 1. The van der Waals surface area contributed by atoms with Gasteiger partial charge in [0.15, 0.2) is 0 Å². The van der Waals surface area contributed by atoms with E-state index in [0.29, 0.717) is 12.0 Å². The molecule has 0 saturated heterocycles. The molecule has 0 amide bonds. The lowest BCUT2D eigenvalue weighted by molar-refractivity contribution is 0.174. The third kappa shape index (κ3) is 5.86. The Morgan fingerprint density at radius 1 is 1.42 bits per heavy atom. The monoisotopic (exact) mass is 191 g/mol. The van der Waals surface area contributed by atoms with Gasteiger partial charge >= 0.3 is 0 Å². The van der Waals surface area contributed by atoms with Gasteiger partial charge in [-0.25, -0.2) is 0 Å². The van der Waals surface area contributed by atoms with Gasteiger partial charge in [0.05, 0.1) is 0 Å². The molecule has 0 aromatic rings. The summed E-state index contributed by atoms with van der Waals surface area (Å²) in [7, 11) is 1.74. The summed E-state index contributed by atoms with van der Waals surface area (Å²) in [6, 6.07) is 0.340. The summed E-state index contributed by atoms with van der Waals surface area (Å²) >= 11 is 1.86. The van der Waals surface area contributed by atoms with Gasteiger partial charge in [0.2, 0.25) is 0 Å². The van der Waals surface area contributed by atoms with E-state index in [0.717, 1.165) is 19.4 Å². The van der Waals surface area contributed by atoms with Gasteiger partial charge in [0.25, 0.3) is 0 Å². The Labute approximate surface area is 80.2 Å². The molecular formula is C9H21NOS. The van der Waals surface area contributed by atoms with E-state index >= 15 is 0 Å². The molecule has 12 heavy (non-hydrogen) atoms. The molecule has 0 radical (unpaired) electrons. The average Bonchev–Trinajstić information content (AvgIpc) is 2.10. The van der Waals surface area contributed by atoms with Gasteiger partial charge in [-0.2, -0.15) is 11.8 Å². The highest BCUT2D eigenvalue weighted by Crippen LogP contribution is 2.11. The van der Waals surface area contributed by atoms with Crippen LogP contribution in [0.3, 0.4) is 0 Å². The SMILES string of the molecule is COCCC(C)C(N)CCSC. The van der Waals surface area contributed by atoms with Crippen molar-refractivity contribution in [2.24, 2.45) is 11.7 Å². The van der Waals surface area contributed by atoms with Crippen LogP contribution in [0, 0.1) is 5.92 Å². The topological polar surface area (TPSA) is 35.2 Å². The van der Waals surface area contributed by atoms with Gasteiger partial charge in [-0.15, -0.1) is 0 Å². The summed E-state index contributed by atoms with van der Waals surface area (Å²) < 4.78 is 5.01. The third-order valence-corrected chi connectivity index (χ3v) is 2.81. The highest BCUT2D eigenvalue weighted by atomic mass is 32.2. The Balaban J connectivity index is 3.39. The van der Waals surface area contributed by atoms with Crippen molar-refractivity contribution in [1.82, 2.24) is 0 Å². The molecule has 3 heteroatoms. The maximum absolute atomic E-state index is 5.98. The van der Waals surface area contributed by atoms with Crippen LogP contribution in [0.25, 0.3) is 0 Å². The minimum Gasteiger partial charge on any atom is -0.385 e. The molecule has 2 unspecified atom stereocenters. The van der Waals surface area contributed by atoms with Gasteiger partial charge in [0.1, 0.15) is 0 Å².